The molecule has 4 fully saturated rings. The first-order valence-corrected chi connectivity index (χ1v) is 9.67. The quantitative estimate of drug-likeness (QED) is 0.867. The van der Waals surface area contributed by atoms with E-state index in [0.29, 0.717) is 12.0 Å². The van der Waals surface area contributed by atoms with Crippen LogP contribution in [0.15, 0.2) is 4.99 Å². The number of amides is 1. The smallest absolute Gasteiger partial charge is 0.264 e. The van der Waals surface area contributed by atoms with Crippen LogP contribution in [0.2, 0.25) is 0 Å². The zero-order valence-electron chi connectivity index (χ0n) is 13.7. The Labute approximate surface area is 137 Å². The first-order valence-electron chi connectivity index (χ1n) is 8.85. The topological polar surface area (TPSA) is 44.7 Å². The Morgan fingerprint density at radius 3 is 2.64 bits per heavy atom. The highest BCUT2D eigenvalue weighted by atomic mass is 32.2. The maximum absolute atomic E-state index is 12.5. The van der Waals surface area contributed by atoms with Gasteiger partial charge in [0.2, 0.25) is 0 Å². The van der Waals surface area contributed by atoms with Crippen LogP contribution >= 0.6 is 11.8 Å². The summed E-state index contributed by atoms with van der Waals surface area (Å²) in [5, 5.41) is 4.51. The summed E-state index contributed by atoms with van der Waals surface area (Å²) in [6.07, 6.45) is 5.97. The van der Waals surface area contributed by atoms with Crippen molar-refractivity contribution in [2.24, 2.45) is 22.7 Å². The van der Waals surface area contributed by atoms with Gasteiger partial charge in [-0.3, -0.25) is 4.79 Å². The molecule has 0 aromatic heterocycles. The highest BCUT2D eigenvalue weighted by molar-refractivity contribution is 8.16. The van der Waals surface area contributed by atoms with Gasteiger partial charge in [0, 0.05) is 12.6 Å². The van der Waals surface area contributed by atoms with Crippen LogP contribution < -0.4 is 5.32 Å². The van der Waals surface area contributed by atoms with Crippen LogP contribution in [-0.2, 0) is 4.79 Å². The summed E-state index contributed by atoms with van der Waals surface area (Å²) in [4.78, 5) is 19.4. The summed E-state index contributed by atoms with van der Waals surface area (Å²) < 4.78 is -0.253. The second-order valence-corrected chi connectivity index (χ2v) is 9.47. The summed E-state index contributed by atoms with van der Waals surface area (Å²) in [6, 6.07) is 0.584. The van der Waals surface area contributed by atoms with Crippen LogP contribution in [0, 0.1) is 17.8 Å². The fourth-order valence-electron chi connectivity index (χ4n) is 4.63. The van der Waals surface area contributed by atoms with Crippen molar-refractivity contribution in [2.45, 2.75) is 56.7 Å². The molecule has 1 spiro atoms. The van der Waals surface area contributed by atoms with Gasteiger partial charge in [0.1, 0.15) is 4.75 Å². The van der Waals surface area contributed by atoms with Gasteiger partial charge in [-0.25, -0.2) is 0 Å². The number of amidine groups is 1. The summed E-state index contributed by atoms with van der Waals surface area (Å²) in [5.41, 5.74) is 0. The predicted molar refractivity (Wildman–Crippen MR) is 91.0 cm³/mol. The monoisotopic (exact) mass is 321 g/mol. The van der Waals surface area contributed by atoms with E-state index in [1.165, 1.54) is 19.3 Å². The molecule has 0 aromatic rings. The lowest BCUT2D eigenvalue weighted by molar-refractivity contribution is -0.120. The van der Waals surface area contributed by atoms with Gasteiger partial charge < -0.3 is 10.2 Å². The molecule has 1 saturated heterocycles. The third-order valence-electron chi connectivity index (χ3n) is 5.91. The number of rotatable bonds is 3. The molecule has 5 heteroatoms. The molecule has 2 heterocycles. The van der Waals surface area contributed by atoms with Crippen LogP contribution in [0.3, 0.4) is 0 Å². The van der Waals surface area contributed by atoms with E-state index in [4.69, 9.17) is 0 Å². The van der Waals surface area contributed by atoms with Crippen LogP contribution in [0.25, 0.3) is 0 Å². The summed E-state index contributed by atoms with van der Waals surface area (Å²) >= 11 is 1.73. The molecule has 3 aliphatic carbocycles. The lowest BCUT2D eigenvalue weighted by atomic mass is 9.84. The molecule has 1 amide bonds. The van der Waals surface area contributed by atoms with Gasteiger partial charge in [0.15, 0.2) is 5.17 Å². The highest BCUT2D eigenvalue weighted by Crippen LogP contribution is 2.49. The number of nitrogens with zero attached hydrogens (tertiary/aromatic N) is 2. The molecular formula is C17H27N3OS. The SMILES string of the molecule is CC(C)CN1CCC2(CC1)SC(NC1CC3CC1C3)=NC2=O. The molecule has 3 saturated carbocycles. The first-order chi connectivity index (χ1) is 10.5. The normalized spacial score (nSPS) is 36.8. The van der Waals surface area contributed by atoms with Crippen LogP contribution in [0.5, 0.6) is 0 Å². The fourth-order valence-corrected chi connectivity index (χ4v) is 5.86. The molecule has 0 aromatic carbocycles. The number of hydrogen-bond acceptors (Lipinski definition) is 4. The third-order valence-corrected chi connectivity index (χ3v) is 7.29. The second kappa shape index (κ2) is 5.52. The lowest BCUT2D eigenvalue weighted by Gasteiger charge is -2.37. The molecule has 4 nitrogen and oxygen atoms in total. The van der Waals surface area contributed by atoms with E-state index in [-0.39, 0.29) is 10.7 Å². The van der Waals surface area contributed by atoms with Crippen molar-refractivity contribution in [1.29, 1.82) is 0 Å². The standard InChI is InChI=1S/C17H27N3OS/c1-11(2)10-20-5-3-17(4-6-20)15(21)19-16(22-17)18-14-9-12-7-13(14)8-12/h11-14H,3-10H2,1-2H3,(H,18,19,21). The Hall–Kier alpha value is -0.550. The maximum Gasteiger partial charge on any atom is 0.264 e. The van der Waals surface area contributed by atoms with E-state index in [2.05, 4.69) is 29.1 Å². The summed E-state index contributed by atoms with van der Waals surface area (Å²) in [7, 11) is 0. The number of aliphatic imine (C=N–C) groups is 1. The van der Waals surface area contributed by atoms with E-state index in [0.717, 1.165) is 49.5 Å². The van der Waals surface area contributed by atoms with Crippen molar-refractivity contribution in [2.75, 3.05) is 19.6 Å². The minimum absolute atomic E-state index is 0.120. The van der Waals surface area contributed by atoms with Gasteiger partial charge in [-0.2, -0.15) is 4.99 Å². The average Bonchev–Trinajstić information content (AvgIpc) is 3.06. The zero-order chi connectivity index (χ0) is 15.3. The van der Waals surface area contributed by atoms with Gasteiger partial charge in [-0.15, -0.1) is 0 Å². The molecule has 0 radical (unpaired) electrons. The van der Waals surface area contributed by atoms with E-state index in [1.54, 1.807) is 11.8 Å². The van der Waals surface area contributed by atoms with Crippen molar-refractivity contribution in [1.82, 2.24) is 10.2 Å². The number of piperidine rings is 1. The third kappa shape index (κ3) is 2.60. The number of carbonyl (C=O) groups is 1. The van der Waals surface area contributed by atoms with Crippen LogP contribution in [0.4, 0.5) is 0 Å². The van der Waals surface area contributed by atoms with Crippen molar-refractivity contribution < 1.29 is 4.79 Å². The van der Waals surface area contributed by atoms with E-state index in [1.807, 2.05) is 0 Å². The van der Waals surface area contributed by atoms with Crippen molar-refractivity contribution in [3.63, 3.8) is 0 Å². The molecule has 1 atom stereocenters. The van der Waals surface area contributed by atoms with Gasteiger partial charge >= 0.3 is 0 Å². The molecule has 5 rings (SSSR count). The van der Waals surface area contributed by atoms with Gasteiger partial charge in [-0.1, -0.05) is 25.6 Å². The Bertz CT molecular complexity index is 490. The fraction of sp³-hybridized carbons (Fsp3) is 0.882. The Kier molecular flexibility index (Phi) is 3.76. The second-order valence-electron chi connectivity index (χ2n) is 8.10. The van der Waals surface area contributed by atoms with Crippen molar-refractivity contribution >= 4 is 22.8 Å². The van der Waals surface area contributed by atoms with Crippen molar-refractivity contribution in [3.8, 4) is 0 Å². The molecule has 122 valence electrons. The van der Waals surface area contributed by atoms with Crippen molar-refractivity contribution in [3.05, 3.63) is 0 Å². The Morgan fingerprint density at radius 2 is 2.05 bits per heavy atom. The van der Waals surface area contributed by atoms with Crippen LogP contribution in [0.1, 0.15) is 46.0 Å². The molecule has 1 N–H and O–H groups in total. The Morgan fingerprint density at radius 1 is 1.32 bits per heavy atom. The van der Waals surface area contributed by atoms with Gasteiger partial charge in [-0.05, 0) is 62.9 Å². The Balaban J connectivity index is 1.34. The number of fused-ring (bicyclic) bond motifs is 1. The zero-order valence-corrected chi connectivity index (χ0v) is 14.5. The van der Waals surface area contributed by atoms with E-state index >= 15 is 0 Å². The number of hydrogen-bond donors (Lipinski definition) is 1. The minimum Gasteiger partial charge on any atom is -0.361 e. The highest BCUT2D eigenvalue weighted by Gasteiger charge is 2.49. The summed E-state index contributed by atoms with van der Waals surface area (Å²) in [6.45, 7) is 7.74. The number of thioether (sulfide) groups is 1. The van der Waals surface area contributed by atoms with Crippen LogP contribution in [-0.4, -0.2) is 46.4 Å². The number of nitrogens with one attached hydrogen (secondary N) is 1. The van der Waals surface area contributed by atoms with Gasteiger partial charge in [0.05, 0.1) is 0 Å². The molecule has 2 bridgehead atoms. The first kappa shape index (κ1) is 15.0. The van der Waals surface area contributed by atoms with E-state index in [9.17, 15) is 4.79 Å². The number of carbonyl (C=O) groups excluding carboxylic acids is 1. The molecular weight excluding hydrogens is 294 g/mol. The molecule has 5 aliphatic rings. The largest absolute Gasteiger partial charge is 0.361 e. The number of likely N-dealkylation sites (tertiary alicyclic amines) is 1. The average molecular weight is 321 g/mol. The minimum atomic E-state index is -0.253. The molecule has 22 heavy (non-hydrogen) atoms. The van der Waals surface area contributed by atoms with Gasteiger partial charge in [0.25, 0.3) is 5.91 Å². The predicted octanol–water partition coefficient (Wildman–Crippen LogP) is 2.49. The van der Waals surface area contributed by atoms with E-state index < -0.39 is 0 Å². The molecule has 1 unspecified atom stereocenters. The lowest BCUT2D eigenvalue weighted by Crippen LogP contribution is -2.46. The molecule has 2 aliphatic heterocycles. The maximum atomic E-state index is 12.5. The summed E-state index contributed by atoms with van der Waals surface area (Å²) in [5.74, 6) is 2.60.